The minimum Gasteiger partial charge on any atom is -0.374 e. The van der Waals surface area contributed by atoms with E-state index in [9.17, 15) is 8.78 Å². The summed E-state index contributed by atoms with van der Waals surface area (Å²) in [5, 5.41) is 0. The predicted molar refractivity (Wildman–Crippen MR) is 152 cm³/mol. The van der Waals surface area contributed by atoms with Gasteiger partial charge in [0.15, 0.2) is 0 Å². The van der Waals surface area contributed by atoms with Crippen molar-refractivity contribution in [3.63, 3.8) is 0 Å². The molecule has 4 aliphatic rings. The van der Waals surface area contributed by atoms with E-state index in [1.54, 1.807) is 0 Å². The van der Waals surface area contributed by atoms with Crippen molar-refractivity contribution in [2.75, 3.05) is 6.61 Å². The molecule has 1 nitrogen and oxygen atoms in total. The number of allylic oxidation sites excluding steroid dienone is 1. The van der Waals surface area contributed by atoms with Crippen LogP contribution in [0.4, 0.5) is 8.78 Å². The molecule has 0 bridgehead atoms. The van der Waals surface area contributed by atoms with Crippen LogP contribution in [-0.4, -0.2) is 12.7 Å². The predicted octanol–water partition coefficient (Wildman–Crippen LogP) is 10.9. The van der Waals surface area contributed by atoms with Crippen LogP contribution >= 0.6 is 0 Å². The molecule has 4 rings (SSSR count). The fourth-order valence-electron chi connectivity index (χ4n) is 8.71. The van der Waals surface area contributed by atoms with Crippen LogP contribution in [0, 0.1) is 41.4 Å². The van der Waals surface area contributed by atoms with Crippen LogP contribution < -0.4 is 0 Å². The molecule has 0 aromatic heterocycles. The summed E-state index contributed by atoms with van der Waals surface area (Å²) < 4.78 is 30.3. The van der Waals surface area contributed by atoms with E-state index in [0.29, 0.717) is 12.5 Å². The van der Waals surface area contributed by atoms with Crippen molar-refractivity contribution in [2.45, 2.75) is 141 Å². The molecule has 0 N–H and O–H groups in total. The highest BCUT2D eigenvalue weighted by molar-refractivity contribution is 4.87. The zero-order valence-electron chi connectivity index (χ0n) is 23.7. The normalized spacial score (nSPS) is 37.1. The van der Waals surface area contributed by atoms with E-state index in [1.165, 1.54) is 116 Å². The molecule has 37 heavy (non-hydrogen) atoms. The summed E-state index contributed by atoms with van der Waals surface area (Å²) in [6.07, 6.45) is 30.1. The zero-order valence-corrected chi connectivity index (χ0v) is 23.7. The third kappa shape index (κ3) is 9.77. The highest BCUT2D eigenvalue weighted by atomic mass is 19.3. The average molecular weight is 519 g/mol. The van der Waals surface area contributed by atoms with Crippen LogP contribution in [0.25, 0.3) is 0 Å². The van der Waals surface area contributed by atoms with Crippen LogP contribution in [-0.2, 0) is 4.74 Å². The van der Waals surface area contributed by atoms with Gasteiger partial charge in [0.05, 0.1) is 12.7 Å². The van der Waals surface area contributed by atoms with Gasteiger partial charge in [-0.1, -0.05) is 57.4 Å². The van der Waals surface area contributed by atoms with Crippen molar-refractivity contribution in [2.24, 2.45) is 41.4 Å². The Labute approximate surface area is 227 Å². The highest BCUT2D eigenvalue weighted by Gasteiger charge is 2.34. The Morgan fingerprint density at radius 3 is 1.46 bits per heavy atom. The fraction of sp³-hybridized carbons (Fsp3) is 0.882. The van der Waals surface area contributed by atoms with Gasteiger partial charge < -0.3 is 4.74 Å². The van der Waals surface area contributed by atoms with Crippen molar-refractivity contribution in [3.05, 3.63) is 24.8 Å². The number of halogens is 2. The molecule has 4 fully saturated rings. The lowest BCUT2D eigenvalue weighted by Crippen LogP contribution is -2.29. The average Bonchev–Trinajstić information content (AvgIpc) is 2.94. The maximum atomic E-state index is 12.2. The summed E-state index contributed by atoms with van der Waals surface area (Å²) >= 11 is 0. The molecule has 3 heteroatoms. The van der Waals surface area contributed by atoms with E-state index in [1.807, 2.05) is 6.08 Å². The third-order valence-electron chi connectivity index (χ3n) is 11.2. The molecule has 0 radical (unpaired) electrons. The first-order valence-electron chi connectivity index (χ1n) is 16.4. The Morgan fingerprint density at radius 2 is 1.03 bits per heavy atom. The monoisotopic (exact) mass is 518 g/mol. The van der Waals surface area contributed by atoms with Crippen LogP contribution in [0.2, 0.25) is 0 Å². The molecule has 2 atom stereocenters. The SMILES string of the molecule is C=CC1CCC(CCCCC2CCC(C3CCC(C4CCC(CCCC=C(F)F)CC4)CC3)CC2)CO1. The maximum absolute atomic E-state index is 12.2. The van der Waals surface area contributed by atoms with Crippen molar-refractivity contribution >= 4 is 0 Å². The summed E-state index contributed by atoms with van der Waals surface area (Å²) in [6, 6.07) is 0. The van der Waals surface area contributed by atoms with Crippen LogP contribution in [0.1, 0.15) is 135 Å². The minimum absolute atomic E-state index is 0.310. The molecule has 0 aromatic rings. The molecule has 0 amide bonds. The summed E-state index contributed by atoms with van der Waals surface area (Å²) in [6.45, 7) is 4.82. The van der Waals surface area contributed by atoms with E-state index in [2.05, 4.69) is 6.58 Å². The Balaban J connectivity index is 1.02. The van der Waals surface area contributed by atoms with Crippen LogP contribution in [0.3, 0.4) is 0 Å². The van der Waals surface area contributed by atoms with Gasteiger partial charge in [-0.15, -0.1) is 6.58 Å². The zero-order chi connectivity index (χ0) is 25.9. The van der Waals surface area contributed by atoms with Crippen molar-refractivity contribution in [3.8, 4) is 0 Å². The van der Waals surface area contributed by atoms with Gasteiger partial charge >= 0.3 is 0 Å². The van der Waals surface area contributed by atoms with Gasteiger partial charge in [-0.2, -0.15) is 8.78 Å². The lowest BCUT2D eigenvalue weighted by molar-refractivity contribution is 0.00789. The van der Waals surface area contributed by atoms with Gasteiger partial charge in [0.1, 0.15) is 0 Å². The molecule has 212 valence electrons. The minimum atomic E-state index is -1.51. The number of rotatable bonds is 12. The second-order valence-electron chi connectivity index (χ2n) is 13.5. The van der Waals surface area contributed by atoms with Crippen molar-refractivity contribution in [1.82, 2.24) is 0 Å². The van der Waals surface area contributed by atoms with Crippen LogP contribution in [0.15, 0.2) is 24.8 Å². The standard InChI is InChI=1S/C34H56F2O/c1-2-33-24-15-28(25-37-33)9-4-3-7-26-11-16-29(17-12-26)31-20-22-32(23-21-31)30-18-13-27(14-19-30)8-5-6-10-34(35)36/h2,10,26-33H,1,3-9,11-25H2. The van der Waals surface area contributed by atoms with Gasteiger partial charge in [0.25, 0.3) is 6.08 Å². The first-order valence-corrected chi connectivity index (χ1v) is 16.4. The molecule has 2 unspecified atom stereocenters. The molecule has 1 saturated heterocycles. The molecular formula is C34H56F2O. The number of hydrogen-bond donors (Lipinski definition) is 0. The highest BCUT2D eigenvalue weighted by Crippen LogP contribution is 2.46. The summed E-state index contributed by atoms with van der Waals surface area (Å²) in [5.74, 6) is 6.57. The Morgan fingerprint density at radius 1 is 0.595 bits per heavy atom. The molecular weight excluding hydrogens is 462 g/mol. The summed E-state index contributed by atoms with van der Waals surface area (Å²) in [5.41, 5.74) is 0. The summed E-state index contributed by atoms with van der Waals surface area (Å²) in [4.78, 5) is 0. The van der Waals surface area contributed by atoms with Gasteiger partial charge in [-0.25, -0.2) is 0 Å². The molecule has 3 aliphatic carbocycles. The first kappa shape index (κ1) is 29.3. The van der Waals surface area contributed by atoms with E-state index < -0.39 is 6.08 Å². The quantitative estimate of drug-likeness (QED) is 0.184. The van der Waals surface area contributed by atoms with Gasteiger partial charge in [0, 0.05) is 0 Å². The summed E-state index contributed by atoms with van der Waals surface area (Å²) in [7, 11) is 0. The maximum Gasteiger partial charge on any atom is 0.266 e. The molecule has 1 heterocycles. The van der Waals surface area contributed by atoms with Gasteiger partial charge in [0.2, 0.25) is 0 Å². The topological polar surface area (TPSA) is 9.23 Å². The van der Waals surface area contributed by atoms with E-state index in [0.717, 1.165) is 66.9 Å². The molecule has 1 aliphatic heterocycles. The fourth-order valence-corrected chi connectivity index (χ4v) is 8.71. The Kier molecular flexibility index (Phi) is 12.5. The number of ether oxygens (including phenoxy) is 1. The second-order valence-corrected chi connectivity index (χ2v) is 13.5. The largest absolute Gasteiger partial charge is 0.374 e. The third-order valence-corrected chi connectivity index (χ3v) is 11.2. The Bertz CT molecular complexity index is 653. The van der Waals surface area contributed by atoms with E-state index in [4.69, 9.17) is 4.74 Å². The molecule has 3 saturated carbocycles. The van der Waals surface area contributed by atoms with Crippen LogP contribution in [0.5, 0.6) is 0 Å². The van der Waals surface area contributed by atoms with E-state index >= 15 is 0 Å². The number of hydrogen-bond acceptors (Lipinski definition) is 1. The Hall–Kier alpha value is -0.700. The van der Waals surface area contributed by atoms with Crippen molar-refractivity contribution < 1.29 is 13.5 Å². The second kappa shape index (κ2) is 15.8. The van der Waals surface area contributed by atoms with Crippen molar-refractivity contribution in [1.29, 1.82) is 0 Å². The molecule has 0 spiro atoms. The lowest BCUT2D eigenvalue weighted by atomic mass is 9.64. The lowest BCUT2D eigenvalue weighted by Gasteiger charge is -2.41. The number of unbranched alkanes of at least 4 members (excludes halogenated alkanes) is 2. The van der Waals surface area contributed by atoms with E-state index in [-0.39, 0.29) is 0 Å². The smallest absolute Gasteiger partial charge is 0.266 e. The molecule has 0 aromatic carbocycles. The van der Waals surface area contributed by atoms with Gasteiger partial charge in [-0.05, 0) is 131 Å². The first-order chi connectivity index (χ1) is 18.1. The van der Waals surface area contributed by atoms with Gasteiger partial charge in [-0.3, -0.25) is 0 Å².